The van der Waals surface area contributed by atoms with Crippen molar-refractivity contribution in [2.75, 3.05) is 54.9 Å². The van der Waals surface area contributed by atoms with E-state index in [2.05, 4.69) is 15.1 Å². The number of carbonyl (C=O) groups is 2. The van der Waals surface area contributed by atoms with E-state index in [-0.39, 0.29) is 35.4 Å². The molecule has 0 aliphatic carbocycles. The molecule has 3 rings (SSSR count). The molecule has 1 aromatic rings. The van der Waals surface area contributed by atoms with Gasteiger partial charge in [0.1, 0.15) is 0 Å². The van der Waals surface area contributed by atoms with E-state index >= 15 is 0 Å². The Balaban J connectivity index is 1.74. The fourth-order valence-electron chi connectivity index (χ4n) is 4.14. The molecule has 3 heterocycles. The minimum absolute atomic E-state index is 0.0532. The molecule has 0 atom stereocenters. The van der Waals surface area contributed by atoms with E-state index in [0.717, 1.165) is 0 Å². The van der Waals surface area contributed by atoms with Gasteiger partial charge < -0.3 is 25.0 Å². The molecule has 0 saturated carbocycles. The van der Waals surface area contributed by atoms with Crippen LogP contribution in [0.25, 0.3) is 0 Å². The van der Waals surface area contributed by atoms with Gasteiger partial charge in [-0.05, 0) is 44.7 Å². The van der Waals surface area contributed by atoms with Crippen LogP contribution in [-0.2, 0) is 19.1 Å². The van der Waals surface area contributed by atoms with E-state index in [4.69, 9.17) is 15.2 Å². The lowest BCUT2D eigenvalue weighted by Crippen LogP contribution is -2.39. The monoisotopic (exact) mass is 434 g/mol. The first-order valence-corrected chi connectivity index (χ1v) is 10.8. The predicted molar refractivity (Wildman–Crippen MR) is 115 cm³/mol. The summed E-state index contributed by atoms with van der Waals surface area (Å²) in [7, 11) is 0. The second-order valence-electron chi connectivity index (χ2n) is 7.70. The molecule has 0 spiro atoms. The lowest BCUT2D eigenvalue weighted by atomic mass is 9.96. The topological polar surface area (TPSA) is 140 Å². The SMILES string of the molecule is CCOC(=O)C1CCN(c2nc(N)nc(N3CCC(C(=O)OCC)CC3)c2N=O)CC1. The fourth-order valence-corrected chi connectivity index (χ4v) is 4.14. The number of nitrogens with zero attached hydrogens (tertiary/aromatic N) is 5. The van der Waals surface area contributed by atoms with Gasteiger partial charge in [0.25, 0.3) is 0 Å². The molecule has 0 aromatic carbocycles. The van der Waals surface area contributed by atoms with Gasteiger partial charge in [-0.25, -0.2) is 0 Å². The summed E-state index contributed by atoms with van der Waals surface area (Å²) in [6.45, 7) is 6.43. The minimum atomic E-state index is -0.191. The van der Waals surface area contributed by atoms with Crippen LogP contribution in [0.3, 0.4) is 0 Å². The van der Waals surface area contributed by atoms with Gasteiger partial charge in [-0.2, -0.15) is 9.97 Å². The predicted octanol–water partition coefficient (Wildman–Crippen LogP) is 2.02. The van der Waals surface area contributed by atoms with Crippen LogP contribution in [0.5, 0.6) is 0 Å². The first kappa shape index (κ1) is 22.7. The summed E-state index contributed by atoms with van der Waals surface area (Å²) in [5.41, 5.74) is 6.10. The maximum atomic E-state index is 12.0. The Labute approximate surface area is 181 Å². The highest BCUT2D eigenvalue weighted by Crippen LogP contribution is 2.39. The third-order valence-corrected chi connectivity index (χ3v) is 5.78. The molecule has 170 valence electrons. The van der Waals surface area contributed by atoms with Gasteiger partial charge in [0, 0.05) is 26.2 Å². The molecule has 11 nitrogen and oxygen atoms in total. The number of nitrogen functional groups attached to an aromatic ring is 1. The number of nitrogens with two attached hydrogens (primary N) is 1. The molecule has 1 aromatic heterocycles. The van der Waals surface area contributed by atoms with Gasteiger partial charge in [0.15, 0.2) is 17.3 Å². The molecule has 0 radical (unpaired) electrons. The Morgan fingerprint density at radius 1 is 0.903 bits per heavy atom. The van der Waals surface area contributed by atoms with E-state index in [0.29, 0.717) is 76.7 Å². The Kier molecular flexibility index (Phi) is 7.59. The molecular formula is C20H30N6O5. The largest absolute Gasteiger partial charge is 0.466 e. The maximum absolute atomic E-state index is 12.0. The Hall–Kier alpha value is -2.98. The summed E-state index contributed by atoms with van der Waals surface area (Å²) in [6.07, 6.45) is 2.39. The third-order valence-electron chi connectivity index (χ3n) is 5.78. The Morgan fingerprint density at radius 3 is 1.61 bits per heavy atom. The van der Waals surface area contributed by atoms with Crippen molar-refractivity contribution >= 4 is 35.2 Å². The van der Waals surface area contributed by atoms with E-state index in [1.54, 1.807) is 13.8 Å². The van der Waals surface area contributed by atoms with E-state index in [1.165, 1.54) is 0 Å². The number of piperidine rings is 2. The standard InChI is InChI=1S/C20H30N6O5/c1-3-30-18(27)13-5-9-25(10-6-13)16-15(24-29)17(23-20(21)22-16)26-11-7-14(8-12-26)19(28)31-4-2/h13-14H,3-12H2,1-2H3,(H2,21,22,23). The number of rotatable bonds is 7. The van der Waals surface area contributed by atoms with Gasteiger partial charge in [-0.15, -0.1) is 4.91 Å². The van der Waals surface area contributed by atoms with Crippen molar-refractivity contribution in [2.24, 2.45) is 17.0 Å². The third kappa shape index (κ3) is 5.20. The highest BCUT2D eigenvalue weighted by atomic mass is 16.5. The normalized spacial score (nSPS) is 18.0. The minimum Gasteiger partial charge on any atom is -0.466 e. The average Bonchev–Trinajstić information content (AvgIpc) is 2.79. The second kappa shape index (κ2) is 10.4. The molecule has 31 heavy (non-hydrogen) atoms. The van der Waals surface area contributed by atoms with Crippen molar-refractivity contribution in [1.29, 1.82) is 0 Å². The molecule has 0 unspecified atom stereocenters. The molecule has 2 N–H and O–H groups in total. The van der Waals surface area contributed by atoms with Crippen LogP contribution >= 0.6 is 0 Å². The summed E-state index contributed by atoms with van der Waals surface area (Å²) in [5.74, 6) is 0.109. The van der Waals surface area contributed by atoms with Crippen LogP contribution < -0.4 is 15.5 Å². The van der Waals surface area contributed by atoms with E-state index in [1.807, 2.05) is 9.80 Å². The number of nitroso groups, excluding NO2 is 1. The van der Waals surface area contributed by atoms with Crippen LogP contribution in [0.1, 0.15) is 39.5 Å². The first-order valence-electron chi connectivity index (χ1n) is 10.8. The first-order chi connectivity index (χ1) is 15.0. The van der Waals surface area contributed by atoms with Crippen LogP contribution in [-0.4, -0.2) is 61.3 Å². The zero-order valence-corrected chi connectivity index (χ0v) is 18.1. The summed E-state index contributed by atoms with van der Waals surface area (Å²) < 4.78 is 10.2. The molecule has 2 saturated heterocycles. The van der Waals surface area contributed by atoms with Gasteiger partial charge in [-0.3, -0.25) is 9.59 Å². The van der Waals surface area contributed by atoms with Crippen molar-refractivity contribution < 1.29 is 19.1 Å². The molecule has 11 heteroatoms. The molecule has 0 bridgehead atoms. The van der Waals surface area contributed by atoms with Gasteiger partial charge in [0.05, 0.1) is 25.0 Å². The number of ether oxygens (including phenoxy) is 2. The molecule has 2 aliphatic rings. The molecular weight excluding hydrogens is 404 g/mol. The van der Waals surface area contributed by atoms with E-state index < -0.39 is 0 Å². The average molecular weight is 434 g/mol. The number of anilines is 3. The van der Waals surface area contributed by atoms with Gasteiger partial charge in [0.2, 0.25) is 5.95 Å². The molecule has 0 amide bonds. The van der Waals surface area contributed by atoms with Crippen molar-refractivity contribution in [3.8, 4) is 0 Å². The highest BCUT2D eigenvalue weighted by Gasteiger charge is 2.32. The second-order valence-corrected chi connectivity index (χ2v) is 7.70. The quantitative estimate of drug-likeness (QED) is 0.500. The smallest absolute Gasteiger partial charge is 0.309 e. The summed E-state index contributed by atoms with van der Waals surface area (Å²) in [5, 5.41) is 3.23. The Bertz CT molecular complexity index is 744. The van der Waals surface area contributed by atoms with Crippen molar-refractivity contribution in [3.05, 3.63) is 4.91 Å². The summed E-state index contributed by atoms with van der Waals surface area (Å²) >= 11 is 0. The number of hydrogen-bond acceptors (Lipinski definition) is 11. The zero-order valence-electron chi connectivity index (χ0n) is 18.1. The van der Waals surface area contributed by atoms with Gasteiger partial charge >= 0.3 is 11.9 Å². The summed E-state index contributed by atoms with van der Waals surface area (Å²) in [4.78, 5) is 48.2. The number of hydrogen-bond donors (Lipinski definition) is 1. The number of carbonyl (C=O) groups excluding carboxylic acids is 2. The summed E-state index contributed by atoms with van der Waals surface area (Å²) in [6, 6.07) is 0. The van der Waals surface area contributed by atoms with Crippen molar-refractivity contribution in [3.63, 3.8) is 0 Å². The van der Waals surface area contributed by atoms with Crippen molar-refractivity contribution in [1.82, 2.24) is 9.97 Å². The zero-order chi connectivity index (χ0) is 22.4. The van der Waals surface area contributed by atoms with Crippen LogP contribution in [0.4, 0.5) is 23.3 Å². The van der Waals surface area contributed by atoms with Gasteiger partial charge in [-0.1, -0.05) is 0 Å². The number of esters is 2. The Morgan fingerprint density at radius 2 is 1.29 bits per heavy atom. The van der Waals surface area contributed by atoms with E-state index in [9.17, 15) is 14.5 Å². The number of aromatic nitrogens is 2. The van der Waals surface area contributed by atoms with Crippen LogP contribution in [0.15, 0.2) is 5.18 Å². The highest BCUT2D eigenvalue weighted by molar-refractivity contribution is 5.78. The van der Waals surface area contributed by atoms with Crippen LogP contribution in [0.2, 0.25) is 0 Å². The lowest BCUT2D eigenvalue weighted by molar-refractivity contribution is -0.149. The molecule has 2 fully saturated rings. The lowest BCUT2D eigenvalue weighted by Gasteiger charge is -2.35. The van der Waals surface area contributed by atoms with Crippen LogP contribution in [0, 0.1) is 16.7 Å². The van der Waals surface area contributed by atoms with Crippen molar-refractivity contribution in [2.45, 2.75) is 39.5 Å². The maximum Gasteiger partial charge on any atom is 0.309 e. The fraction of sp³-hybridized carbons (Fsp3) is 0.700. The molecule has 2 aliphatic heterocycles.